The van der Waals surface area contributed by atoms with E-state index in [2.05, 4.69) is 0 Å². The van der Waals surface area contributed by atoms with Crippen LogP contribution in [0.1, 0.15) is 5.56 Å². The molecule has 0 unspecified atom stereocenters. The topological polar surface area (TPSA) is 54.4 Å². The molecule has 0 heterocycles. The second-order valence-corrected chi connectivity index (χ2v) is 4.21. The normalized spacial score (nSPS) is 10.7. The predicted molar refractivity (Wildman–Crippen MR) is 53.2 cm³/mol. The van der Waals surface area contributed by atoms with Gasteiger partial charge in [-0.05, 0) is 30.7 Å². The second-order valence-electron chi connectivity index (χ2n) is 2.39. The van der Waals surface area contributed by atoms with Gasteiger partial charge in [0.05, 0.1) is 4.90 Å². The van der Waals surface area contributed by atoms with Crippen LogP contribution in [0, 0.1) is 6.92 Å². The Kier molecular flexibility index (Phi) is 4.93. The number of aryl methyl sites for hydroxylation is 1. The fourth-order valence-electron chi connectivity index (χ4n) is 0.778. The predicted octanol–water partition coefficient (Wildman–Crippen LogP) is 1.25. The summed E-state index contributed by atoms with van der Waals surface area (Å²) in [4.78, 5) is -0.135. The van der Waals surface area contributed by atoms with Gasteiger partial charge in [-0.1, -0.05) is 11.6 Å². The van der Waals surface area contributed by atoms with Gasteiger partial charge in [-0.2, -0.15) is 8.42 Å². The van der Waals surface area contributed by atoms with Crippen LogP contribution in [0.5, 0.6) is 0 Å². The average Bonchev–Trinajstić information content (AvgIpc) is 1.92. The van der Waals surface area contributed by atoms with E-state index in [0.717, 1.165) is 0 Å². The Morgan fingerprint density at radius 3 is 2.31 bits per heavy atom. The Balaban J connectivity index is 0.00000144. The molecule has 0 saturated heterocycles. The molecule has 0 saturated carbocycles. The van der Waals surface area contributed by atoms with Crippen molar-refractivity contribution in [3.8, 4) is 0 Å². The van der Waals surface area contributed by atoms with Crippen molar-refractivity contribution in [1.29, 1.82) is 0 Å². The van der Waals surface area contributed by atoms with Crippen molar-refractivity contribution in [1.82, 2.24) is 0 Å². The minimum absolute atomic E-state index is 0. The van der Waals surface area contributed by atoms with Crippen LogP contribution in [0.15, 0.2) is 23.1 Å². The van der Waals surface area contributed by atoms with Gasteiger partial charge in [-0.25, -0.2) is 0 Å². The van der Waals surface area contributed by atoms with Crippen LogP contribution in [0.4, 0.5) is 0 Å². The summed E-state index contributed by atoms with van der Waals surface area (Å²) in [5.41, 5.74) is 0.617. The van der Waals surface area contributed by atoms with Crippen molar-refractivity contribution in [2.45, 2.75) is 11.8 Å². The number of benzene rings is 1. The van der Waals surface area contributed by atoms with Crippen molar-refractivity contribution in [3.05, 3.63) is 28.8 Å². The molecule has 68 valence electrons. The van der Waals surface area contributed by atoms with Crippen LogP contribution in [-0.2, 0) is 10.1 Å². The van der Waals surface area contributed by atoms with Crippen molar-refractivity contribution in [2.24, 2.45) is 0 Å². The molecule has 0 aliphatic rings. The van der Waals surface area contributed by atoms with Crippen LogP contribution in [0.25, 0.3) is 0 Å². The first-order chi connectivity index (χ1) is 5.41. The summed E-state index contributed by atoms with van der Waals surface area (Å²) in [5, 5.41) is 0.474. The van der Waals surface area contributed by atoms with E-state index >= 15 is 0 Å². The fraction of sp³-hybridized carbons (Fsp3) is 0.143. The van der Waals surface area contributed by atoms with E-state index in [1.165, 1.54) is 18.2 Å². The van der Waals surface area contributed by atoms with Gasteiger partial charge in [-0.3, -0.25) is 4.55 Å². The van der Waals surface area contributed by atoms with Crippen molar-refractivity contribution in [3.63, 3.8) is 0 Å². The molecule has 13 heavy (non-hydrogen) atoms. The molecule has 3 nitrogen and oxygen atoms in total. The molecule has 0 spiro atoms. The number of hydrogen-bond acceptors (Lipinski definition) is 2. The molecule has 1 aromatic carbocycles. The number of hydrogen-bond donors (Lipinski definition) is 1. The van der Waals surface area contributed by atoms with Gasteiger partial charge in [0.15, 0.2) is 0 Å². The molecule has 6 heteroatoms. The molecule has 0 aromatic heterocycles. The van der Waals surface area contributed by atoms with E-state index in [9.17, 15) is 8.42 Å². The third-order valence-corrected chi connectivity index (χ3v) is 2.70. The molecule has 0 fully saturated rings. The molecule has 0 aliphatic carbocycles. The molecule has 1 aromatic rings. The minimum atomic E-state index is -4.10. The summed E-state index contributed by atoms with van der Waals surface area (Å²) in [6.07, 6.45) is 0. The van der Waals surface area contributed by atoms with Crippen LogP contribution in [-0.4, -0.2) is 42.5 Å². The maximum absolute atomic E-state index is 10.6. The van der Waals surface area contributed by atoms with Crippen LogP contribution in [0.3, 0.4) is 0 Å². The van der Waals surface area contributed by atoms with Crippen molar-refractivity contribution >= 4 is 51.3 Å². The quantitative estimate of drug-likeness (QED) is 0.584. The Labute approximate surface area is 104 Å². The summed E-state index contributed by atoms with van der Waals surface area (Å²) < 4.78 is 29.9. The summed E-state index contributed by atoms with van der Waals surface area (Å²) in [7, 11) is -4.10. The molecule has 0 atom stereocenters. The zero-order valence-electron chi connectivity index (χ0n) is 6.28. The molecular formula is C7H8ClNaO3S. The zero-order chi connectivity index (χ0) is 9.35. The molecule has 1 N–H and O–H groups in total. The Morgan fingerprint density at radius 1 is 1.38 bits per heavy atom. The standard InChI is InChI=1S/C7H7ClO3S.Na.H/c1-5-4-6(12(9,10)11)2-3-7(5)8;;/h2-4H,1H3,(H,9,10,11);;. The third kappa shape index (κ3) is 3.58. The van der Waals surface area contributed by atoms with Gasteiger partial charge >= 0.3 is 29.6 Å². The van der Waals surface area contributed by atoms with Gasteiger partial charge < -0.3 is 0 Å². The molecule has 0 bridgehead atoms. The van der Waals surface area contributed by atoms with Gasteiger partial charge in [0.1, 0.15) is 0 Å². The molecule has 0 aliphatic heterocycles. The molecular weight excluding hydrogens is 223 g/mol. The fourth-order valence-corrected chi connectivity index (χ4v) is 1.46. The molecule has 1 rings (SSSR count). The summed E-state index contributed by atoms with van der Waals surface area (Å²) in [6, 6.07) is 4.00. The molecule has 0 amide bonds. The van der Waals surface area contributed by atoms with E-state index in [1.54, 1.807) is 6.92 Å². The van der Waals surface area contributed by atoms with Crippen LogP contribution in [0.2, 0.25) is 5.02 Å². The Morgan fingerprint density at radius 2 is 1.92 bits per heavy atom. The monoisotopic (exact) mass is 230 g/mol. The first-order valence-electron chi connectivity index (χ1n) is 3.15. The van der Waals surface area contributed by atoms with Crippen molar-refractivity contribution in [2.75, 3.05) is 0 Å². The van der Waals surface area contributed by atoms with Gasteiger partial charge in [-0.15, -0.1) is 0 Å². The number of halogens is 1. The summed E-state index contributed by atoms with van der Waals surface area (Å²) in [6.45, 7) is 1.66. The van der Waals surface area contributed by atoms with E-state index in [4.69, 9.17) is 16.2 Å². The maximum atomic E-state index is 10.6. The Bertz CT molecular complexity index is 402. The summed E-state index contributed by atoms with van der Waals surface area (Å²) in [5.74, 6) is 0. The van der Waals surface area contributed by atoms with Gasteiger partial charge in [0, 0.05) is 5.02 Å². The third-order valence-electron chi connectivity index (χ3n) is 1.43. The van der Waals surface area contributed by atoms with E-state index in [-0.39, 0.29) is 34.5 Å². The van der Waals surface area contributed by atoms with Crippen molar-refractivity contribution < 1.29 is 13.0 Å². The van der Waals surface area contributed by atoms with Gasteiger partial charge in [0.2, 0.25) is 0 Å². The van der Waals surface area contributed by atoms with E-state index in [1.807, 2.05) is 0 Å². The second kappa shape index (κ2) is 4.77. The van der Waals surface area contributed by atoms with E-state index in [0.29, 0.717) is 10.6 Å². The van der Waals surface area contributed by atoms with Crippen LogP contribution >= 0.6 is 11.6 Å². The first kappa shape index (κ1) is 13.4. The van der Waals surface area contributed by atoms with Crippen LogP contribution < -0.4 is 0 Å². The zero-order valence-corrected chi connectivity index (χ0v) is 7.85. The van der Waals surface area contributed by atoms with Gasteiger partial charge in [0.25, 0.3) is 10.1 Å². The SMILES string of the molecule is Cc1cc(S(=O)(=O)O)ccc1Cl.[NaH]. The average molecular weight is 231 g/mol. The first-order valence-corrected chi connectivity index (χ1v) is 4.97. The van der Waals surface area contributed by atoms with E-state index < -0.39 is 10.1 Å². The Hall–Kier alpha value is 0.420. The number of rotatable bonds is 1. The summed E-state index contributed by atoms with van der Waals surface area (Å²) >= 11 is 5.65. The molecule has 0 radical (unpaired) electrons.